The van der Waals surface area contributed by atoms with Crippen LogP contribution in [0.15, 0.2) is 78.0 Å². The Kier molecular flexibility index (Phi) is 5.38. The van der Waals surface area contributed by atoms with Gasteiger partial charge in [-0.1, -0.05) is 24.3 Å². The smallest absolute Gasteiger partial charge is 0.254 e. The summed E-state index contributed by atoms with van der Waals surface area (Å²) in [7, 11) is -1.71. The Bertz CT molecular complexity index is 1470. The summed E-state index contributed by atoms with van der Waals surface area (Å²) in [6.45, 7) is 2.56. The Balaban J connectivity index is 1.44. The fourth-order valence-corrected chi connectivity index (χ4v) is 6.43. The van der Waals surface area contributed by atoms with Gasteiger partial charge >= 0.3 is 0 Å². The van der Waals surface area contributed by atoms with Crippen molar-refractivity contribution in [1.82, 2.24) is 9.88 Å². The molecule has 4 aromatic rings. The molecule has 0 saturated heterocycles. The van der Waals surface area contributed by atoms with Crippen LogP contribution in [0.3, 0.4) is 0 Å². The molecule has 2 aromatic heterocycles. The molecule has 166 valence electrons. The maximum absolute atomic E-state index is 12.8. The molecule has 1 aliphatic heterocycles. The number of nitrogens with zero attached hydrogens (tertiary/aromatic N) is 2. The quantitative estimate of drug-likeness (QED) is 0.391. The minimum atomic E-state index is -3.53. The van der Waals surface area contributed by atoms with Crippen LogP contribution < -0.4 is 0 Å². The van der Waals surface area contributed by atoms with E-state index in [2.05, 4.69) is 23.2 Å². The van der Waals surface area contributed by atoms with Gasteiger partial charge in [0, 0.05) is 35.1 Å². The Morgan fingerprint density at radius 1 is 0.970 bits per heavy atom. The van der Waals surface area contributed by atoms with E-state index in [0.717, 1.165) is 43.1 Å². The van der Waals surface area contributed by atoms with Crippen molar-refractivity contribution in [1.29, 1.82) is 0 Å². The number of benzene rings is 2. The Morgan fingerprint density at radius 2 is 1.70 bits per heavy atom. The summed E-state index contributed by atoms with van der Waals surface area (Å²) in [6, 6.07) is 21.0. The van der Waals surface area contributed by atoms with Gasteiger partial charge in [0.05, 0.1) is 5.75 Å². The molecule has 0 aliphatic carbocycles. The molecule has 0 fully saturated rings. The number of carbonyl (C=O) groups excluding carboxylic acids is 1. The summed E-state index contributed by atoms with van der Waals surface area (Å²) in [5.74, 6) is -0.0230. The van der Waals surface area contributed by atoms with E-state index in [4.69, 9.17) is 0 Å². The topological polar surface area (TPSA) is 67.3 Å². The number of carbonyl (C=O) groups is 1. The van der Waals surface area contributed by atoms with Crippen LogP contribution in [-0.4, -0.2) is 31.3 Å². The molecule has 5 rings (SSSR count). The van der Waals surface area contributed by atoms with Crippen molar-refractivity contribution in [3.63, 3.8) is 0 Å². The van der Waals surface area contributed by atoms with Gasteiger partial charge in [0.25, 0.3) is 5.91 Å². The van der Waals surface area contributed by atoms with Gasteiger partial charge in [0.2, 0.25) is 0 Å². The zero-order valence-corrected chi connectivity index (χ0v) is 19.9. The van der Waals surface area contributed by atoms with Crippen LogP contribution >= 0.6 is 11.3 Å². The third kappa shape index (κ3) is 4.10. The van der Waals surface area contributed by atoms with Crippen LogP contribution in [0.5, 0.6) is 0 Å². The number of sulfone groups is 1. The largest absolute Gasteiger partial charge is 0.337 e. The number of amides is 1. The molecule has 0 unspecified atom stereocenters. The molecule has 2 aromatic carbocycles. The second kappa shape index (κ2) is 8.24. The lowest BCUT2D eigenvalue weighted by atomic mass is 10.0. The number of hydrogen-bond acceptors (Lipinski definition) is 5. The number of thiophene rings is 1. The minimum absolute atomic E-state index is 0.0660. The van der Waals surface area contributed by atoms with Crippen LogP contribution in [0, 0.1) is 6.92 Å². The number of pyridine rings is 1. The molecule has 0 N–H and O–H groups in total. The molecule has 5 nitrogen and oxygen atoms in total. The first-order valence-corrected chi connectivity index (χ1v) is 13.0. The highest BCUT2D eigenvalue weighted by Crippen LogP contribution is 2.37. The van der Waals surface area contributed by atoms with Crippen molar-refractivity contribution in [2.45, 2.75) is 24.2 Å². The third-order valence-corrected chi connectivity index (χ3v) is 8.67. The van der Waals surface area contributed by atoms with Gasteiger partial charge in [-0.3, -0.25) is 4.79 Å². The molecular formula is C26H22N2O3S2. The molecule has 0 bridgehead atoms. The Morgan fingerprint density at radius 3 is 2.42 bits per heavy atom. The number of fused-ring (bicyclic) bond motifs is 1. The molecule has 0 atom stereocenters. The van der Waals surface area contributed by atoms with Gasteiger partial charge < -0.3 is 4.90 Å². The summed E-state index contributed by atoms with van der Waals surface area (Å²) in [5, 5.41) is 0.0916. The van der Waals surface area contributed by atoms with Crippen molar-refractivity contribution in [3.05, 3.63) is 95.2 Å². The molecule has 0 spiro atoms. The Hall–Kier alpha value is -3.29. The summed E-state index contributed by atoms with van der Waals surface area (Å²) in [6.07, 6.45) is 1.50. The second-order valence-electron chi connectivity index (χ2n) is 8.27. The van der Waals surface area contributed by atoms with E-state index in [1.54, 1.807) is 28.4 Å². The summed E-state index contributed by atoms with van der Waals surface area (Å²) in [4.78, 5) is 20.1. The fraction of sp³-hybridized carbons (Fsp3) is 0.154. The van der Waals surface area contributed by atoms with E-state index in [1.165, 1.54) is 12.3 Å². The number of aryl methyl sites for hydroxylation is 1. The molecule has 33 heavy (non-hydrogen) atoms. The van der Waals surface area contributed by atoms with Gasteiger partial charge in [0.1, 0.15) is 0 Å². The first-order valence-electron chi connectivity index (χ1n) is 10.5. The first-order chi connectivity index (χ1) is 15.8. The second-order valence-corrected chi connectivity index (χ2v) is 11.3. The maximum atomic E-state index is 12.8. The number of aromatic nitrogens is 1. The normalized spacial score (nSPS) is 13.4. The lowest BCUT2D eigenvalue weighted by Gasteiger charge is -2.09. The molecular weight excluding hydrogens is 452 g/mol. The zero-order valence-electron chi connectivity index (χ0n) is 18.3. The maximum Gasteiger partial charge on any atom is 0.254 e. The summed E-state index contributed by atoms with van der Waals surface area (Å²) < 4.78 is 25.7. The molecule has 3 heterocycles. The molecule has 0 saturated carbocycles. The Labute approximate surface area is 197 Å². The molecule has 1 aliphatic rings. The number of hydrogen-bond donors (Lipinski definition) is 0. The lowest BCUT2D eigenvalue weighted by Crippen LogP contribution is -2.17. The van der Waals surface area contributed by atoms with Crippen molar-refractivity contribution >= 4 is 27.1 Å². The van der Waals surface area contributed by atoms with E-state index in [1.807, 2.05) is 44.3 Å². The van der Waals surface area contributed by atoms with Gasteiger partial charge in [0.15, 0.2) is 14.9 Å². The SMILES string of the molecule is Cc1ccc(-c2ccc(-c3ccc4c(c3)CN(C)C4=O)s2)cc1CS(=O)(=O)c1ccccn1. The predicted molar refractivity (Wildman–Crippen MR) is 131 cm³/mol. The summed E-state index contributed by atoms with van der Waals surface area (Å²) >= 11 is 1.65. The first kappa shape index (κ1) is 21.6. The highest BCUT2D eigenvalue weighted by atomic mass is 32.2. The van der Waals surface area contributed by atoms with Crippen LogP contribution in [-0.2, 0) is 22.1 Å². The van der Waals surface area contributed by atoms with E-state index in [-0.39, 0.29) is 16.7 Å². The molecule has 7 heteroatoms. The van der Waals surface area contributed by atoms with Crippen molar-refractivity contribution < 1.29 is 13.2 Å². The van der Waals surface area contributed by atoms with Gasteiger partial charge in [-0.15, -0.1) is 11.3 Å². The van der Waals surface area contributed by atoms with E-state index < -0.39 is 9.84 Å². The van der Waals surface area contributed by atoms with Crippen LogP contribution in [0.4, 0.5) is 0 Å². The van der Waals surface area contributed by atoms with Gasteiger partial charge in [-0.25, -0.2) is 13.4 Å². The highest BCUT2D eigenvalue weighted by Gasteiger charge is 2.24. The average Bonchev–Trinajstić information content (AvgIpc) is 3.41. The standard InChI is InChI=1S/C26H22N2O3S2/c1-17-6-7-18(14-21(17)16-33(30,31)25-5-3-4-12-27-25)23-10-11-24(32-23)19-8-9-22-20(13-19)15-28(2)26(22)29/h3-14H,15-16H2,1-2H3. The number of rotatable bonds is 5. The lowest BCUT2D eigenvalue weighted by molar-refractivity contribution is 0.0816. The average molecular weight is 475 g/mol. The predicted octanol–water partition coefficient (Wildman–Crippen LogP) is 5.35. The fourth-order valence-electron chi connectivity index (χ4n) is 4.06. The van der Waals surface area contributed by atoms with Crippen LogP contribution in [0.1, 0.15) is 27.0 Å². The monoisotopic (exact) mass is 474 g/mol. The van der Waals surface area contributed by atoms with Crippen molar-refractivity contribution in [2.24, 2.45) is 0 Å². The van der Waals surface area contributed by atoms with E-state index in [0.29, 0.717) is 6.54 Å². The van der Waals surface area contributed by atoms with Crippen LogP contribution in [0.25, 0.3) is 20.9 Å². The molecule has 0 radical (unpaired) electrons. The van der Waals surface area contributed by atoms with Crippen molar-refractivity contribution in [3.8, 4) is 20.9 Å². The third-order valence-electron chi connectivity index (χ3n) is 5.92. The van der Waals surface area contributed by atoms with E-state index >= 15 is 0 Å². The zero-order chi connectivity index (χ0) is 23.2. The van der Waals surface area contributed by atoms with Crippen molar-refractivity contribution in [2.75, 3.05) is 7.05 Å². The minimum Gasteiger partial charge on any atom is -0.337 e. The van der Waals surface area contributed by atoms with Crippen LogP contribution in [0.2, 0.25) is 0 Å². The van der Waals surface area contributed by atoms with Gasteiger partial charge in [-0.2, -0.15) is 0 Å². The summed E-state index contributed by atoms with van der Waals surface area (Å²) in [5.41, 5.74) is 5.59. The van der Waals surface area contributed by atoms with E-state index in [9.17, 15) is 13.2 Å². The molecule has 1 amide bonds. The highest BCUT2D eigenvalue weighted by molar-refractivity contribution is 7.90. The van der Waals surface area contributed by atoms with Gasteiger partial charge in [-0.05, 0) is 77.2 Å².